The summed E-state index contributed by atoms with van der Waals surface area (Å²) in [5.74, 6) is -0.335. The van der Waals surface area contributed by atoms with Crippen molar-refractivity contribution in [3.63, 3.8) is 0 Å². The number of hydrogen-bond acceptors (Lipinski definition) is 4. The molecule has 0 aliphatic carbocycles. The lowest BCUT2D eigenvalue weighted by Gasteiger charge is -2.28. The van der Waals surface area contributed by atoms with Gasteiger partial charge in [0.2, 0.25) is 0 Å². The summed E-state index contributed by atoms with van der Waals surface area (Å²) in [6, 6.07) is 10.1. The second-order valence-electron chi connectivity index (χ2n) is 6.65. The van der Waals surface area contributed by atoms with Crippen molar-refractivity contribution in [3.05, 3.63) is 35.4 Å². The number of nitrogens with one attached hydrogen (secondary N) is 1. The number of nitriles is 1. The molecule has 3 rings (SSSR count). The maximum absolute atomic E-state index is 12.2. The predicted octanol–water partition coefficient (Wildman–Crippen LogP) is 2.88. The van der Waals surface area contributed by atoms with Gasteiger partial charge in [-0.3, -0.25) is 4.79 Å². The van der Waals surface area contributed by atoms with Crippen LogP contribution < -0.4 is 10.2 Å². The fraction of sp³-hybridized carbons (Fsp3) is 0.500. The van der Waals surface area contributed by atoms with Crippen LogP contribution in [0.3, 0.4) is 0 Å². The molecule has 1 N–H and O–H groups in total. The molecule has 1 atom stereocenters. The first-order valence-electron chi connectivity index (χ1n) is 9.13. The van der Waals surface area contributed by atoms with E-state index in [0.717, 1.165) is 38.1 Å². The fourth-order valence-electron chi connectivity index (χ4n) is 3.36. The Morgan fingerprint density at radius 3 is 2.64 bits per heavy atom. The molecule has 5 nitrogen and oxygen atoms in total. The highest BCUT2D eigenvalue weighted by molar-refractivity contribution is 6.01. The van der Waals surface area contributed by atoms with Crippen LogP contribution in [0, 0.1) is 11.3 Å². The molecule has 2 fully saturated rings. The van der Waals surface area contributed by atoms with E-state index in [9.17, 15) is 10.1 Å². The van der Waals surface area contributed by atoms with Gasteiger partial charge in [0.1, 0.15) is 11.6 Å². The minimum Gasteiger partial charge on any atom is -0.376 e. The summed E-state index contributed by atoms with van der Waals surface area (Å²) in [6.07, 6.45) is 7.51. The van der Waals surface area contributed by atoms with E-state index in [1.807, 2.05) is 18.2 Å². The number of rotatable bonds is 5. The van der Waals surface area contributed by atoms with E-state index in [1.165, 1.54) is 24.9 Å². The Hall–Kier alpha value is -2.32. The van der Waals surface area contributed by atoms with Crippen LogP contribution in [0.4, 0.5) is 5.69 Å². The molecule has 0 radical (unpaired) electrons. The molecule has 2 aliphatic rings. The Labute approximate surface area is 149 Å². The first-order chi connectivity index (χ1) is 12.3. The minimum absolute atomic E-state index is 0.0766. The van der Waals surface area contributed by atoms with Gasteiger partial charge in [-0.05, 0) is 55.9 Å². The number of carbonyl (C=O) groups excluding carboxylic acids is 1. The molecular weight excluding hydrogens is 314 g/mol. The Balaban J connectivity index is 1.60. The SMILES string of the molecule is N#C/C(=C\c1ccc(N2CCCCC2)cc1)C(=O)NC[C@H]1CCCO1. The van der Waals surface area contributed by atoms with Crippen molar-refractivity contribution in [2.45, 2.75) is 38.2 Å². The van der Waals surface area contributed by atoms with Crippen LogP contribution in [0.5, 0.6) is 0 Å². The topological polar surface area (TPSA) is 65.4 Å². The molecule has 25 heavy (non-hydrogen) atoms. The van der Waals surface area contributed by atoms with Crippen LogP contribution >= 0.6 is 0 Å². The monoisotopic (exact) mass is 339 g/mol. The molecule has 0 spiro atoms. The van der Waals surface area contributed by atoms with Crippen LogP contribution in [0.15, 0.2) is 29.8 Å². The van der Waals surface area contributed by atoms with Gasteiger partial charge in [-0.25, -0.2) is 0 Å². The Morgan fingerprint density at radius 1 is 1.24 bits per heavy atom. The third-order valence-electron chi connectivity index (χ3n) is 4.80. The van der Waals surface area contributed by atoms with E-state index in [4.69, 9.17) is 4.74 Å². The van der Waals surface area contributed by atoms with E-state index in [0.29, 0.717) is 6.54 Å². The second kappa shape index (κ2) is 8.68. The standard InChI is InChI=1S/C20H25N3O2/c21-14-17(20(24)22-15-19-5-4-12-25-19)13-16-6-8-18(9-7-16)23-10-2-1-3-11-23/h6-9,13,19H,1-5,10-12,15H2,(H,22,24)/b17-13+/t19-/m1/s1. The molecule has 1 amide bonds. The lowest BCUT2D eigenvalue weighted by molar-refractivity contribution is -0.117. The molecule has 2 aliphatic heterocycles. The van der Waals surface area contributed by atoms with Crippen molar-refractivity contribution in [1.82, 2.24) is 5.32 Å². The smallest absolute Gasteiger partial charge is 0.262 e. The first kappa shape index (κ1) is 17.5. The van der Waals surface area contributed by atoms with Gasteiger partial charge in [0.05, 0.1) is 6.10 Å². The number of carbonyl (C=O) groups is 1. The molecule has 132 valence electrons. The van der Waals surface area contributed by atoms with Crippen LogP contribution in [0.2, 0.25) is 0 Å². The molecule has 0 bridgehead atoms. The average Bonchev–Trinajstić information content (AvgIpc) is 3.19. The zero-order valence-electron chi connectivity index (χ0n) is 14.5. The van der Waals surface area contributed by atoms with Gasteiger partial charge in [0.25, 0.3) is 5.91 Å². The van der Waals surface area contributed by atoms with Crippen molar-refractivity contribution < 1.29 is 9.53 Å². The summed E-state index contributed by atoms with van der Waals surface area (Å²) >= 11 is 0. The second-order valence-corrected chi connectivity index (χ2v) is 6.65. The van der Waals surface area contributed by atoms with E-state index >= 15 is 0 Å². The van der Waals surface area contributed by atoms with Crippen molar-refractivity contribution >= 4 is 17.7 Å². The van der Waals surface area contributed by atoms with Gasteiger partial charge >= 0.3 is 0 Å². The molecule has 0 aromatic heterocycles. The maximum Gasteiger partial charge on any atom is 0.262 e. The number of anilines is 1. The van der Waals surface area contributed by atoms with Crippen LogP contribution in [0.25, 0.3) is 6.08 Å². The maximum atomic E-state index is 12.2. The highest BCUT2D eigenvalue weighted by Gasteiger charge is 2.17. The largest absolute Gasteiger partial charge is 0.376 e. The Bertz CT molecular complexity index is 649. The van der Waals surface area contributed by atoms with Crippen LogP contribution in [-0.4, -0.2) is 38.3 Å². The number of piperidine rings is 1. The lowest BCUT2D eigenvalue weighted by Crippen LogP contribution is -2.32. The summed E-state index contributed by atoms with van der Waals surface area (Å²) in [5, 5.41) is 12.1. The average molecular weight is 339 g/mol. The van der Waals surface area contributed by atoms with Crippen molar-refractivity contribution in [3.8, 4) is 6.07 Å². The summed E-state index contributed by atoms with van der Waals surface area (Å²) < 4.78 is 5.48. The van der Waals surface area contributed by atoms with Crippen molar-refractivity contribution in [2.24, 2.45) is 0 Å². The summed E-state index contributed by atoms with van der Waals surface area (Å²) in [5.41, 5.74) is 2.20. The number of nitrogens with zero attached hydrogens (tertiary/aromatic N) is 2. The molecule has 0 unspecified atom stereocenters. The number of amides is 1. The molecule has 2 saturated heterocycles. The van der Waals surface area contributed by atoms with Crippen molar-refractivity contribution in [2.75, 3.05) is 31.1 Å². The predicted molar refractivity (Wildman–Crippen MR) is 98.1 cm³/mol. The van der Waals surface area contributed by atoms with Gasteiger partial charge < -0.3 is 15.0 Å². The Morgan fingerprint density at radius 2 is 2.00 bits per heavy atom. The van der Waals surface area contributed by atoms with E-state index in [-0.39, 0.29) is 17.6 Å². The summed E-state index contributed by atoms with van der Waals surface area (Å²) in [4.78, 5) is 14.6. The zero-order valence-corrected chi connectivity index (χ0v) is 14.5. The first-order valence-corrected chi connectivity index (χ1v) is 9.13. The lowest BCUT2D eigenvalue weighted by atomic mass is 10.1. The fourth-order valence-corrected chi connectivity index (χ4v) is 3.36. The number of ether oxygens (including phenoxy) is 1. The zero-order chi connectivity index (χ0) is 17.5. The van der Waals surface area contributed by atoms with Gasteiger partial charge in [0.15, 0.2) is 0 Å². The van der Waals surface area contributed by atoms with Crippen molar-refractivity contribution in [1.29, 1.82) is 5.26 Å². The number of benzene rings is 1. The molecule has 1 aromatic carbocycles. The highest BCUT2D eigenvalue weighted by atomic mass is 16.5. The van der Waals surface area contributed by atoms with Crippen LogP contribution in [0.1, 0.15) is 37.7 Å². The molecule has 2 heterocycles. The van der Waals surface area contributed by atoms with E-state index < -0.39 is 0 Å². The highest BCUT2D eigenvalue weighted by Crippen LogP contribution is 2.21. The quantitative estimate of drug-likeness (QED) is 0.662. The molecular formula is C20H25N3O2. The van der Waals surface area contributed by atoms with E-state index in [2.05, 4.69) is 22.3 Å². The molecule has 5 heteroatoms. The normalized spacial score (nSPS) is 21.0. The third kappa shape index (κ3) is 4.83. The summed E-state index contributed by atoms with van der Waals surface area (Å²) in [6.45, 7) is 3.42. The summed E-state index contributed by atoms with van der Waals surface area (Å²) in [7, 11) is 0. The minimum atomic E-state index is -0.335. The van der Waals surface area contributed by atoms with Crippen LogP contribution in [-0.2, 0) is 9.53 Å². The van der Waals surface area contributed by atoms with Gasteiger partial charge in [0, 0.05) is 31.9 Å². The Kier molecular flexibility index (Phi) is 6.08. The molecule has 1 aromatic rings. The number of hydrogen-bond donors (Lipinski definition) is 1. The van der Waals surface area contributed by atoms with Gasteiger partial charge in [-0.1, -0.05) is 12.1 Å². The van der Waals surface area contributed by atoms with Gasteiger partial charge in [-0.2, -0.15) is 5.26 Å². The molecule has 0 saturated carbocycles. The third-order valence-corrected chi connectivity index (χ3v) is 4.80. The van der Waals surface area contributed by atoms with E-state index in [1.54, 1.807) is 6.08 Å². The van der Waals surface area contributed by atoms with Gasteiger partial charge in [-0.15, -0.1) is 0 Å².